The smallest absolute Gasteiger partial charge is 0.408 e. The van der Waals surface area contributed by atoms with Crippen molar-refractivity contribution in [3.63, 3.8) is 0 Å². The summed E-state index contributed by atoms with van der Waals surface area (Å²) < 4.78 is 10.2. The van der Waals surface area contributed by atoms with Gasteiger partial charge in [-0.2, -0.15) is 0 Å². The Morgan fingerprint density at radius 2 is 1.79 bits per heavy atom. The zero-order valence-corrected chi connectivity index (χ0v) is 15.0. The van der Waals surface area contributed by atoms with E-state index in [9.17, 15) is 14.7 Å². The summed E-state index contributed by atoms with van der Waals surface area (Å²) in [7, 11) is 1.52. The van der Waals surface area contributed by atoms with Crippen LogP contribution < -0.4 is 15.4 Å². The molecule has 7 heteroatoms. The Labute approximate surface area is 142 Å². The third-order valence-electron chi connectivity index (χ3n) is 3.19. The molecule has 0 unspecified atom stereocenters. The minimum absolute atomic E-state index is 0.0522. The number of methoxy groups -OCH3 is 1. The second kappa shape index (κ2) is 7.90. The molecule has 0 saturated carbocycles. The molecule has 0 spiro atoms. The maximum atomic E-state index is 12.2. The summed E-state index contributed by atoms with van der Waals surface area (Å²) in [5.41, 5.74) is -0.118. The van der Waals surface area contributed by atoms with Crippen molar-refractivity contribution in [1.82, 2.24) is 10.6 Å². The number of benzene rings is 1. The number of hydrogen-bond acceptors (Lipinski definition) is 5. The van der Waals surface area contributed by atoms with Crippen molar-refractivity contribution in [2.75, 3.05) is 7.11 Å². The first kappa shape index (κ1) is 19.6. The molecular weight excluding hydrogens is 312 g/mol. The van der Waals surface area contributed by atoms with Gasteiger partial charge in [-0.25, -0.2) is 4.79 Å². The quantitative estimate of drug-likeness (QED) is 0.766. The maximum absolute atomic E-state index is 12.2. The van der Waals surface area contributed by atoms with Crippen LogP contribution in [-0.2, 0) is 9.53 Å². The number of phenolic OH excluding ortho intramolecular Hbond substituents is 1. The molecule has 0 saturated heterocycles. The Kier molecular flexibility index (Phi) is 6.45. The van der Waals surface area contributed by atoms with Gasteiger partial charge in [-0.05, 0) is 52.8 Å². The van der Waals surface area contributed by atoms with Crippen LogP contribution in [0, 0.1) is 0 Å². The SMILES string of the molecule is COc1ccc(O)c([C@@H](C)NC(=O)[C@@H](C)NC(=O)OC(C)(C)C)c1. The van der Waals surface area contributed by atoms with Gasteiger partial charge in [0.25, 0.3) is 0 Å². The van der Waals surface area contributed by atoms with E-state index in [0.717, 1.165) is 0 Å². The molecule has 7 nitrogen and oxygen atoms in total. The van der Waals surface area contributed by atoms with Crippen molar-refractivity contribution < 1.29 is 24.2 Å². The number of phenols is 1. The van der Waals surface area contributed by atoms with Gasteiger partial charge >= 0.3 is 6.09 Å². The predicted octanol–water partition coefficient (Wildman–Crippen LogP) is 2.49. The molecule has 0 bridgehead atoms. The van der Waals surface area contributed by atoms with E-state index >= 15 is 0 Å². The lowest BCUT2D eigenvalue weighted by Crippen LogP contribution is -2.47. The highest BCUT2D eigenvalue weighted by Crippen LogP contribution is 2.28. The van der Waals surface area contributed by atoms with E-state index in [2.05, 4.69) is 10.6 Å². The predicted molar refractivity (Wildman–Crippen MR) is 90.0 cm³/mol. The molecule has 134 valence electrons. The first-order valence-corrected chi connectivity index (χ1v) is 7.70. The molecule has 0 fully saturated rings. The van der Waals surface area contributed by atoms with Crippen molar-refractivity contribution in [1.29, 1.82) is 0 Å². The summed E-state index contributed by atoms with van der Waals surface area (Å²) in [6.45, 7) is 8.50. The highest BCUT2D eigenvalue weighted by molar-refractivity contribution is 5.85. The number of nitrogens with one attached hydrogen (secondary N) is 2. The van der Waals surface area contributed by atoms with Crippen LogP contribution in [0.1, 0.15) is 46.2 Å². The van der Waals surface area contributed by atoms with Crippen molar-refractivity contribution in [2.45, 2.75) is 52.3 Å². The zero-order valence-electron chi connectivity index (χ0n) is 15.0. The fourth-order valence-electron chi connectivity index (χ4n) is 1.97. The Bertz CT molecular complexity index is 595. The van der Waals surface area contributed by atoms with Crippen LogP contribution in [0.4, 0.5) is 4.79 Å². The van der Waals surface area contributed by atoms with Gasteiger partial charge in [0.1, 0.15) is 23.1 Å². The molecular formula is C17H26N2O5. The Morgan fingerprint density at radius 1 is 1.17 bits per heavy atom. The second-order valence-corrected chi connectivity index (χ2v) is 6.52. The van der Waals surface area contributed by atoms with E-state index in [1.54, 1.807) is 46.8 Å². The van der Waals surface area contributed by atoms with Crippen molar-refractivity contribution in [3.8, 4) is 11.5 Å². The van der Waals surface area contributed by atoms with Gasteiger partial charge in [-0.3, -0.25) is 4.79 Å². The number of aromatic hydroxyl groups is 1. The number of rotatable bonds is 5. The lowest BCUT2D eigenvalue weighted by molar-refractivity contribution is -0.123. The number of hydrogen-bond donors (Lipinski definition) is 3. The number of alkyl carbamates (subject to hydrolysis) is 1. The Balaban J connectivity index is 2.68. The van der Waals surface area contributed by atoms with E-state index < -0.39 is 29.7 Å². The zero-order chi connectivity index (χ0) is 18.5. The minimum Gasteiger partial charge on any atom is -0.508 e. The van der Waals surface area contributed by atoms with Crippen LogP contribution in [0.2, 0.25) is 0 Å². The third-order valence-corrected chi connectivity index (χ3v) is 3.19. The number of carbonyl (C=O) groups is 2. The highest BCUT2D eigenvalue weighted by atomic mass is 16.6. The molecule has 0 aromatic heterocycles. The van der Waals surface area contributed by atoms with E-state index in [1.807, 2.05) is 0 Å². The Morgan fingerprint density at radius 3 is 2.33 bits per heavy atom. The van der Waals surface area contributed by atoms with E-state index in [4.69, 9.17) is 9.47 Å². The molecule has 0 heterocycles. The molecule has 1 aromatic rings. The van der Waals surface area contributed by atoms with Crippen LogP contribution in [0.5, 0.6) is 11.5 Å². The molecule has 2 atom stereocenters. The summed E-state index contributed by atoms with van der Waals surface area (Å²) in [4.78, 5) is 23.9. The highest BCUT2D eigenvalue weighted by Gasteiger charge is 2.23. The van der Waals surface area contributed by atoms with Gasteiger partial charge in [0.2, 0.25) is 5.91 Å². The molecule has 1 aromatic carbocycles. The largest absolute Gasteiger partial charge is 0.508 e. The van der Waals surface area contributed by atoms with Crippen molar-refractivity contribution in [2.24, 2.45) is 0 Å². The van der Waals surface area contributed by atoms with E-state index in [-0.39, 0.29) is 5.75 Å². The molecule has 0 radical (unpaired) electrons. The lowest BCUT2D eigenvalue weighted by atomic mass is 10.1. The average Bonchev–Trinajstić information content (AvgIpc) is 2.45. The van der Waals surface area contributed by atoms with Gasteiger partial charge in [0, 0.05) is 5.56 Å². The topological polar surface area (TPSA) is 96.9 Å². The number of carbonyl (C=O) groups excluding carboxylic acids is 2. The van der Waals surface area contributed by atoms with Crippen LogP contribution in [0.15, 0.2) is 18.2 Å². The van der Waals surface area contributed by atoms with Crippen molar-refractivity contribution in [3.05, 3.63) is 23.8 Å². The van der Waals surface area contributed by atoms with Gasteiger partial charge < -0.3 is 25.2 Å². The summed E-state index contributed by atoms with van der Waals surface area (Å²) in [5.74, 6) is 0.232. The molecule has 0 aliphatic heterocycles. The van der Waals surface area contributed by atoms with Crippen LogP contribution in [0.3, 0.4) is 0 Å². The molecule has 0 aliphatic carbocycles. The molecule has 0 aliphatic rings. The van der Waals surface area contributed by atoms with Gasteiger partial charge in [-0.1, -0.05) is 0 Å². The van der Waals surface area contributed by atoms with Crippen molar-refractivity contribution >= 4 is 12.0 Å². The number of amides is 2. The van der Waals surface area contributed by atoms with Crippen LogP contribution >= 0.6 is 0 Å². The van der Waals surface area contributed by atoms with E-state index in [1.165, 1.54) is 13.2 Å². The normalized spacial score (nSPS) is 13.6. The monoisotopic (exact) mass is 338 g/mol. The van der Waals surface area contributed by atoms with E-state index in [0.29, 0.717) is 11.3 Å². The standard InChI is InChI=1S/C17H26N2O5/c1-10(13-9-12(23-6)7-8-14(13)20)18-15(21)11(2)19-16(22)24-17(3,4)5/h7-11,20H,1-6H3,(H,18,21)(H,19,22)/t10-,11-/m1/s1. The second-order valence-electron chi connectivity index (χ2n) is 6.52. The summed E-state index contributed by atoms with van der Waals surface area (Å²) >= 11 is 0. The van der Waals surface area contributed by atoms with Gasteiger partial charge in [0.05, 0.1) is 13.2 Å². The summed E-state index contributed by atoms with van der Waals surface area (Å²) in [6, 6.07) is 3.52. The first-order chi connectivity index (χ1) is 11.0. The third kappa shape index (κ3) is 5.98. The fourth-order valence-corrected chi connectivity index (χ4v) is 1.97. The molecule has 1 rings (SSSR count). The average molecular weight is 338 g/mol. The molecule has 3 N–H and O–H groups in total. The Hall–Kier alpha value is -2.44. The lowest BCUT2D eigenvalue weighted by Gasteiger charge is -2.23. The molecule has 2 amide bonds. The fraction of sp³-hybridized carbons (Fsp3) is 0.529. The van der Waals surface area contributed by atoms with Gasteiger partial charge in [-0.15, -0.1) is 0 Å². The first-order valence-electron chi connectivity index (χ1n) is 7.70. The molecule has 24 heavy (non-hydrogen) atoms. The van der Waals surface area contributed by atoms with Crippen LogP contribution in [-0.4, -0.2) is 35.9 Å². The minimum atomic E-state index is -0.782. The van der Waals surface area contributed by atoms with Gasteiger partial charge in [0.15, 0.2) is 0 Å². The summed E-state index contributed by atoms with van der Waals surface area (Å²) in [6.07, 6.45) is -0.665. The number of ether oxygens (including phenoxy) is 2. The summed E-state index contributed by atoms with van der Waals surface area (Å²) in [5, 5.41) is 15.1. The van der Waals surface area contributed by atoms with Crippen LogP contribution in [0.25, 0.3) is 0 Å². The maximum Gasteiger partial charge on any atom is 0.408 e.